The van der Waals surface area contributed by atoms with Gasteiger partial charge < -0.3 is 19.8 Å². The van der Waals surface area contributed by atoms with E-state index in [2.05, 4.69) is 13.8 Å². The van der Waals surface area contributed by atoms with Crippen LogP contribution in [0.1, 0.15) is 117 Å². The van der Waals surface area contributed by atoms with Gasteiger partial charge in [0.15, 0.2) is 0 Å². The molecule has 0 aromatic heterocycles. The van der Waals surface area contributed by atoms with Gasteiger partial charge in [-0.05, 0) is 25.7 Å². The van der Waals surface area contributed by atoms with Crippen molar-refractivity contribution in [2.24, 2.45) is 0 Å². The Morgan fingerprint density at radius 2 is 0.760 bits per heavy atom. The van der Waals surface area contributed by atoms with Gasteiger partial charge in [0.25, 0.3) is 0 Å². The summed E-state index contributed by atoms with van der Waals surface area (Å²) in [6.45, 7) is 4.38. The largest absolute Gasteiger partial charge is 2.00 e. The number of carbonyl (C=O) groups is 2. The molecule has 5 heteroatoms. The van der Waals surface area contributed by atoms with Gasteiger partial charge in [0.05, 0.1) is 0 Å². The molecule has 0 saturated carbocycles. The van der Waals surface area contributed by atoms with Crippen LogP contribution in [-0.2, 0) is 26.4 Å². The second-order valence-electron chi connectivity index (χ2n) is 6.49. The summed E-state index contributed by atoms with van der Waals surface area (Å²) in [7, 11) is 0. The van der Waals surface area contributed by atoms with Gasteiger partial charge in [-0.2, -0.15) is 0 Å². The normalized spacial score (nSPS) is 9.68. The summed E-state index contributed by atoms with van der Waals surface area (Å²) in [6, 6.07) is 0. The number of hydrogen-bond donors (Lipinski definition) is 0. The number of rotatable bonds is 16. The number of carboxylic acid groups (broad SMARTS) is 2. The van der Waals surface area contributed by atoms with E-state index in [1.807, 2.05) is 0 Å². The maximum Gasteiger partial charge on any atom is 2.00 e. The van der Waals surface area contributed by atoms with Gasteiger partial charge in [0.2, 0.25) is 0 Å². The van der Waals surface area contributed by atoms with E-state index in [0.29, 0.717) is 0 Å². The first kappa shape index (κ1) is 29.2. The van der Waals surface area contributed by atoms with E-state index in [9.17, 15) is 19.8 Å². The third-order valence-corrected chi connectivity index (χ3v) is 3.97. The maximum atomic E-state index is 10.0. The van der Waals surface area contributed by atoms with Gasteiger partial charge in [0.1, 0.15) is 0 Å². The molecule has 0 rings (SSSR count). The van der Waals surface area contributed by atoms with Crippen LogP contribution in [0.2, 0.25) is 0 Å². The molecule has 0 aromatic rings. The zero-order valence-electron chi connectivity index (χ0n) is 16.3. The molecule has 0 aliphatic heterocycles. The molecule has 0 aromatic carbocycles. The second-order valence-corrected chi connectivity index (χ2v) is 6.49. The molecule has 0 N–H and O–H groups in total. The first-order chi connectivity index (χ1) is 11.5. The van der Waals surface area contributed by atoms with Crippen molar-refractivity contribution in [2.75, 3.05) is 0 Å². The number of hydrogen-bond acceptors (Lipinski definition) is 4. The third kappa shape index (κ3) is 35.4. The van der Waals surface area contributed by atoms with Gasteiger partial charge in [-0.15, -0.1) is 0 Å². The van der Waals surface area contributed by atoms with Crippen molar-refractivity contribution in [1.29, 1.82) is 0 Å². The number of aliphatic carboxylic acids is 2. The van der Waals surface area contributed by atoms with Gasteiger partial charge in [0, 0.05) is 11.9 Å². The Morgan fingerprint density at radius 3 is 1.00 bits per heavy atom. The number of unbranched alkanes of at least 4 members (excludes halogenated alkanes) is 12. The van der Waals surface area contributed by atoms with Gasteiger partial charge in [-0.25, -0.2) is 0 Å². The summed E-state index contributed by atoms with van der Waals surface area (Å²) < 4.78 is 0. The number of carbonyl (C=O) groups excluding carboxylic acids is 2. The Morgan fingerprint density at radius 1 is 0.520 bits per heavy atom. The minimum atomic E-state index is -0.913. The zero-order chi connectivity index (χ0) is 18.5. The molecule has 25 heavy (non-hydrogen) atoms. The Kier molecular flexibility index (Phi) is 30.0. The van der Waals surface area contributed by atoms with E-state index in [1.54, 1.807) is 0 Å². The summed E-state index contributed by atoms with van der Waals surface area (Å²) in [5.74, 6) is -1.83. The topological polar surface area (TPSA) is 80.3 Å². The summed E-state index contributed by atoms with van der Waals surface area (Å²) in [4.78, 5) is 20.0. The van der Waals surface area contributed by atoms with Crippen molar-refractivity contribution in [3.05, 3.63) is 0 Å². The Bertz CT molecular complexity index is 255. The average molecular weight is 401 g/mol. The van der Waals surface area contributed by atoms with Crippen LogP contribution < -0.4 is 10.2 Å². The summed E-state index contributed by atoms with van der Waals surface area (Å²) in [5, 5.41) is 20.0. The summed E-state index contributed by atoms with van der Waals surface area (Å²) >= 11 is 0. The molecule has 0 heterocycles. The summed E-state index contributed by atoms with van der Waals surface area (Å²) in [6.07, 6.45) is 16.7. The van der Waals surface area contributed by atoms with Crippen LogP contribution in [0.5, 0.6) is 0 Å². The fourth-order valence-electron chi connectivity index (χ4n) is 2.45. The number of carboxylic acids is 2. The molecule has 0 aliphatic carbocycles. The molecule has 0 fully saturated rings. The van der Waals surface area contributed by atoms with Crippen LogP contribution in [0.15, 0.2) is 0 Å². The monoisotopic (exact) mass is 401 g/mol. The van der Waals surface area contributed by atoms with Crippen molar-refractivity contribution in [3.63, 3.8) is 0 Å². The molecule has 0 saturated heterocycles. The first-order valence-electron chi connectivity index (χ1n) is 9.94. The van der Waals surface area contributed by atoms with Gasteiger partial charge in [-0.1, -0.05) is 90.9 Å². The second kappa shape index (κ2) is 25.7. The van der Waals surface area contributed by atoms with E-state index in [0.717, 1.165) is 25.7 Å². The van der Waals surface area contributed by atoms with Crippen molar-refractivity contribution < 1.29 is 36.6 Å². The van der Waals surface area contributed by atoms with E-state index < -0.39 is 11.9 Å². The van der Waals surface area contributed by atoms with E-state index >= 15 is 0 Å². The average Bonchev–Trinajstić information content (AvgIpc) is 2.53. The van der Waals surface area contributed by atoms with Crippen molar-refractivity contribution in [1.82, 2.24) is 0 Å². The fraction of sp³-hybridized carbons (Fsp3) is 0.900. The van der Waals surface area contributed by atoms with Crippen LogP contribution >= 0.6 is 0 Å². The molecular formula is C20H38CoO4. The van der Waals surface area contributed by atoms with E-state index in [4.69, 9.17) is 0 Å². The molecule has 0 bridgehead atoms. The Hall–Kier alpha value is -0.554. The van der Waals surface area contributed by atoms with Crippen molar-refractivity contribution in [2.45, 2.75) is 117 Å². The molecule has 0 atom stereocenters. The van der Waals surface area contributed by atoms with Crippen LogP contribution in [0.4, 0.5) is 0 Å². The molecule has 0 aliphatic rings. The molecular weight excluding hydrogens is 363 g/mol. The minimum absolute atomic E-state index is 0. The van der Waals surface area contributed by atoms with Gasteiger partial charge >= 0.3 is 16.8 Å². The molecule has 0 spiro atoms. The quantitative estimate of drug-likeness (QED) is 0.369. The standard InChI is InChI=1S/2C10H20O2.Co/c2*1-2-3-4-5-6-7-8-9-10(11)12;/h2*2-9H2,1H3,(H,11,12);/q;;+2/p-2. The minimum Gasteiger partial charge on any atom is -0.550 e. The third-order valence-electron chi connectivity index (χ3n) is 3.97. The van der Waals surface area contributed by atoms with Crippen LogP contribution in [0.3, 0.4) is 0 Å². The van der Waals surface area contributed by atoms with Crippen LogP contribution in [0, 0.1) is 0 Å². The molecule has 151 valence electrons. The van der Waals surface area contributed by atoms with Crippen molar-refractivity contribution in [3.8, 4) is 0 Å². The predicted molar refractivity (Wildman–Crippen MR) is 95.2 cm³/mol. The zero-order valence-corrected chi connectivity index (χ0v) is 17.3. The fourth-order valence-corrected chi connectivity index (χ4v) is 2.45. The SMILES string of the molecule is CCCCCCCCCC(=O)[O-].CCCCCCCCCC(=O)[O-].[Co+2]. The van der Waals surface area contributed by atoms with E-state index in [1.165, 1.54) is 64.2 Å². The van der Waals surface area contributed by atoms with Crippen molar-refractivity contribution >= 4 is 11.9 Å². The van der Waals surface area contributed by atoms with Gasteiger partial charge in [-0.3, -0.25) is 0 Å². The maximum absolute atomic E-state index is 10.0. The van der Waals surface area contributed by atoms with Crippen LogP contribution in [0.25, 0.3) is 0 Å². The summed E-state index contributed by atoms with van der Waals surface area (Å²) in [5.41, 5.74) is 0. The first-order valence-corrected chi connectivity index (χ1v) is 9.94. The van der Waals surface area contributed by atoms with Crippen LogP contribution in [-0.4, -0.2) is 11.9 Å². The molecule has 0 unspecified atom stereocenters. The predicted octanol–water partition coefficient (Wildman–Crippen LogP) is 3.75. The Labute approximate surface area is 165 Å². The molecule has 4 nitrogen and oxygen atoms in total. The smallest absolute Gasteiger partial charge is 0.550 e. The molecule has 1 radical (unpaired) electrons. The molecule has 0 amide bonds. The Balaban J connectivity index is -0.000000372. The van der Waals surface area contributed by atoms with E-state index in [-0.39, 0.29) is 29.6 Å².